The molecule has 0 bridgehead atoms. The van der Waals surface area contributed by atoms with Crippen molar-refractivity contribution in [2.75, 3.05) is 0 Å². The van der Waals surface area contributed by atoms with Crippen LogP contribution in [0.5, 0.6) is 5.75 Å². The van der Waals surface area contributed by atoms with E-state index < -0.39 is 23.8 Å². The quantitative estimate of drug-likeness (QED) is 0.407. The van der Waals surface area contributed by atoms with Gasteiger partial charge >= 0.3 is 6.61 Å². The molecule has 2 rings (SSSR count). The first kappa shape index (κ1) is 17.8. The van der Waals surface area contributed by atoms with Gasteiger partial charge in [-0.2, -0.15) is 14.0 Å². The normalized spacial score (nSPS) is 11.2. The average Bonchev–Trinajstić information content (AvgIpc) is 2.54. The first-order valence-corrected chi connectivity index (χ1v) is 7.37. The van der Waals surface area contributed by atoms with Crippen molar-refractivity contribution in [3.63, 3.8) is 0 Å². The zero-order valence-electron chi connectivity index (χ0n) is 12.0. The van der Waals surface area contributed by atoms with Crippen LogP contribution in [0.2, 0.25) is 0 Å². The molecule has 122 valence electrons. The van der Waals surface area contributed by atoms with E-state index in [1.807, 2.05) is 0 Å². The Morgan fingerprint density at radius 2 is 1.96 bits per heavy atom. The Kier molecular flexibility index (Phi) is 5.77. The first-order chi connectivity index (χ1) is 11.4. The number of benzene rings is 2. The fourth-order valence-corrected chi connectivity index (χ4v) is 2.31. The van der Waals surface area contributed by atoms with Gasteiger partial charge in [0.1, 0.15) is 23.2 Å². The molecule has 0 atom stereocenters. The summed E-state index contributed by atoms with van der Waals surface area (Å²) in [6.45, 7) is -3.06. The number of Topliss-reactive ketones (excluding diaryl/α,β-unsaturated/α-hetero) is 1. The predicted octanol–water partition coefficient (Wildman–Crippen LogP) is 4.98. The summed E-state index contributed by atoms with van der Waals surface area (Å²) in [6.07, 6.45) is 1.08. The summed E-state index contributed by atoms with van der Waals surface area (Å²) in [5.74, 6) is -1.83. The standard InChI is InChI=1S/C17H9BrF3NO2/c18-12-5-6-15(24-17(20)21)10(8-12)7-11(9-22)16(23)13-3-1-2-4-14(13)19/h1-8,17H/b11-7+. The number of ether oxygens (including phenoxy) is 1. The molecule has 2 aromatic rings. The number of halogens is 4. The molecular weight excluding hydrogens is 387 g/mol. The minimum Gasteiger partial charge on any atom is -0.434 e. The molecule has 0 spiro atoms. The second kappa shape index (κ2) is 7.79. The summed E-state index contributed by atoms with van der Waals surface area (Å²) in [5.41, 5.74) is -0.597. The number of carbonyl (C=O) groups is 1. The van der Waals surface area contributed by atoms with Crippen LogP contribution >= 0.6 is 15.9 Å². The Balaban J connectivity index is 2.48. The van der Waals surface area contributed by atoms with E-state index in [4.69, 9.17) is 0 Å². The van der Waals surface area contributed by atoms with Crippen LogP contribution in [0.3, 0.4) is 0 Å². The smallest absolute Gasteiger partial charge is 0.387 e. The average molecular weight is 396 g/mol. The lowest BCUT2D eigenvalue weighted by molar-refractivity contribution is -0.0499. The summed E-state index contributed by atoms with van der Waals surface area (Å²) in [5, 5.41) is 9.19. The highest BCUT2D eigenvalue weighted by Gasteiger charge is 2.17. The molecule has 3 nitrogen and oxygen atoms in total. The van der Waals surface area contributed by atoms with Crippen LogP contribution in [0.15, 0.2) is 52.5 Å². The van der Waals surface area contributed by atoms with Crippen molar-refractivity contribution < 1.29 is 22.7 Å². The van der Waals surface area contributed by atoms with Crippen LogP contribution in [0.1, 0.15) is 15.9 Å². The maximum atomic E-state index is 13.7. The molecule has 0 saturated carbocycles. The van der Waals surface area contributed by atoms with E-state index in [1.165, 1.54) is 36.4 Å². The fourth-order valence-electron chi connectivity index (χ4n) is 1.93. The fraction of sp³-hybridized carbons (Fsp3) is 0.0588. The summed E-state index contributed by atoms with van der Waals surface area (Å²) < 4.78 is 43.5. The molecule has 24 heavy (non-hydrogen) atoms. The zero-order valence-corrected chi connectivity index (χ0v) is 13.6. The SMILES string of the molecule is N#C/C(=C\c1cc(Br)ccc1OC(F)F)C(=O)c1ccccc1F. The molecule has 0 aliphatic heterocycles. The second-order valence-corrected chi connectivity index (χ2v) is 5.46. The van der Waals surface area contributed by atoms with Crippen molar-refractivity contribution in [2.24, 2.45) is 0 Å². The van der Waals surface area contributed by atoms with Crippen LogP contribution < -0.4 is 4.74 Å². The van der Waals surface area contributed by atoms with Gasteiger partial charge in [-0.15, -0.1) is 0 Å². The Hall–Kier alpha value is -2.59. The van der Waals surface area contributed by atoms with Gasteiger partial charge in [0, 0.05) is 10.0 Å². The molecule has 2 aromatic carbocycles. The Labute approximate surface area is 144 Å². The Morgan fingerprint density at radius 1 is 1.25 bits per heavy atom. The highest BCUT2D eigenvalue weighted by molar-refractivity contribution is 9.10. The van der Waals surface area contributed by atoms with Crippen LogP contribution in [-0.4, -0.2) is 12.4 Å². The van der Waals surface area contributed by atoms with Crippen LogP contribution in [0.25, 0.3) is 6.08 Å². The van der Waals surface area contributed by atoms with E-state index in [2.05, 4.69) is 20.7 Å². The maximum absolute atomic E-state index is 13.7. The van der Waals surface area contributed by atoms with Crippen molar-refractivity contribution in [3.8, 4) is 11.8 Å². The monoisotopic (exact) mass is 395 g/mol. The van der Waals surface area contributed by atoms with Gasteiger partial charge in [-0.1, -0.05) is 28.1 Å². The minimum absolute atomic E-state index is 0.0888. The molecule has 0 fully saturated rings. The molecule has 0 N–H and O–H groups in total. The largest absolute Gasteiger partial charge is 0.434 e. The molecule has 0 heterocycles. The summed E-state index contributed by atoms with van der Waals surface area (Å²) in [6, 6.07) is 11.0. The van der Waals surface area contributed by atoms with Crippen LogP contribution in [-0.2, 0) is 0 Å². The molecular formula is C17H9BrF3NO2. The third-order valence-electron chi connectivity index (χ3n) is 2.97. The predicted molar refractivity (Wildman–Crippen MR) is 85.1 cm³/mol. The number of hydrogen-bond acceptors (Lipinski definition) is 3. The van der Waals surface area contributed by atoms with E-state index in [0.29, 0.717) is 4.47 Å². The molecule has 0 aromatic heterocycles. The highest BCUT2D eigenvalue weighted by atomic mass is 79.9. The molecule has 0 aliphatic carbocycles. The van der Waals surface area contributed by atoms with Crippen molar-refractivity contribution in [1.29, 1.82) is 5.26 Å². The Bertz CT molecular complexity index is 844. The maximum Gasteiger partial charge on any atom is 0.387 e. The van der Waals surface area contributed by atoms with Gasteiger partial charge in [-0.3, -0.25) is 4.79 Å². The number of nitrogens with zero attached hydrogens (tertiary/aromatic N) is 1. The molecule has 0 aliphatic rings. The molecule has 0 unspecified atom stereocenters. The number of nitriles is 1. The van der Waals surface area contributed by atoms with Crippen molar-refractivity contribution in [2.45, 2.75) is 6.61 Å². The van der Waals surface area contributed by atoms with E-state index in [-0.39, 0.29) is 16.9 Å². The minimum atomic E-state index is -3.06. The summed E-state index contributed by atoms with van der Waals surface area (Å²) in [4.78, 5) is 12.3. The van der Waals surface area contributed by atoms with E-state index in [1.54, 1.807) is 6.07 Å². The second-order valence-electron chi connectivity index (χ2n) is 4.54. The zero-order chi connectivity index (χ0) is 17.7. The number of alkyl halides is 2. The van der Waals surface area contributed by atoms with E-state index >= 15 is 0 Å². The summed E-state index contributed by atoms with van der Waals surface area (Å²) >= 11 is 3.17. The molecule has 0 radical (unpaired) electrons. The van der Waals surface area contributed by atoms with Gasteiger partial charge < -0.3 is 4.74 Å². The van der Waals surface area contributed by atoms with E-state index in [0.717, 1.165) is 12.1 Å². The number of rotatable bonds is 5. The van der Waals surface area contributed by atoms with Gasteiger partial charge in [-0.25, -0.2) is 4.39 Å². The van der Waals surface area contributed by atoms with Crippen molar-refractivity contribution >= 4 is 27.8 Å². The first-order valence-electron chi connectivity index (χ1n) is 6.57. The van der Waals surface area contributed by atoms with Crippen molar-refractivity contribution in [3.05, 3.63) is 69.5 Å². The molecule has 0 amide bonds. The third-order valence-corrected chi connectivity index (χ3v) is 3.46. The lowest BCUT2D eigenvalue weighted by atomic mass is 10.0. The molecule has 0 saturated heterocycles. The topological polar surface area (TPSA) is 50.1 Å². The van der Waals surface area contributed by atoms with Crippen molar-refractivity contribution in [1.82, 2.24) is 0 Å². The number of carbonyl (C=O) groups excluding carboxylic acids is 1. The summed E-state index contributed by atoms with van der Waals surface area (Å²) in [7, 11) is 0. The lowest BCUT2D eigenvalue weighted by Crippen LogP contribution is -2.06. The van der Waals surface area contributed by atoms with Gasteiger partial charge in [0.2, 0.25) is 5.78 Å². The third kappa shape index (κ3) is 4.24. The van der Waals surface area contributed by atoms with Crippen LogP contribution in [0, 0.1) is 17.1 Å². The van der Waals surface area contributed by atoms with Crippen LogP contribution in [0.4, 0.5) is 13.2 Å². The lowest BCUT2D eigenvalue weighted by Gasteiger charge is -2.09. The Morgan fingerprint density at radius 3 is 2.58 bits per heavy atom. The highest BCUT2D eigenvalue weighted by Crippen LogP contribution is 2.27. The number of allylic oxidation sites excluding steroid dienone is 1. The number of hydrogen-bond donors (Lipinski definition) is 0. The van der Waals surface area contributed by atoms with Gasteiger partial charge in [0.25, 0.3) is 0 Å². The van der Waals surface area contributed by atoms with Gasteiger partial charge in [0.15, 0.2) is 0 Å². The number of ketones is 1. The van der Waals surface area contributed by atoms with Gasteiger partial charge in [-0.05, 0) is 36.4 Å². The van der Waals surface area contributed by atoms with Gasteiger partial charge in [0.05, 0.1) is 5.56 Å². The van der Waals surface area contributed by atoms with E-state index in [9.17, 15) is 23.2 Å². The molecule has 7 heteroatoms.